The van der Waals surface area contributed by atoms with Crippen LogP contribution in [0, 0.1) is 0 Å². The molecule has 7 nitrogen and oxygen atoms in total. The fraction of sp³-hybridized carbons (Fsp3) is 0.259. The van der Waals surface area contributed by atoms with Gasteiger partial charge in [-0.05, 0) is 59.5 Å². The number of nitrogens with zero attached hydrogens (tertiary/aromatic N) is 1. The van der Waals surface area contributed by atoms with Crippen LogP contribution in [0.1, 0.15) is 34.5 Å². The lowest BCUT2D eigenvalue weighted by Crippen LogP contribution is -2.53. The molecule has 0 aromatic heterocycles. The summed E-state index contributed by atoms with van der Waals surface area (Å²) in [6.45, 7) is 4.00. The number of nitrogens with one attached hydrogen (secondary N) is 1. The van der Waals surface area contributed by atoms with Gasteiger partial charge in [0, 0.05) is 13.1 Å². The van der Waals surface area contributed by atoms with Crippen molar-refractivity contribution in [1.29, 1.82) is 0 Å². The van der Waals surface area contributed by atoms with Crippen molar-refractivity contribution in [1.82, 2.24) is 10.2 Å². The van der Waals surface area contributed by atoms with E-state index in [0.29, 0.717) is 26.3 Å². The van der Waals surface area contributed by atoms with E-state index in [9.17, 15) is 14.7 Å². The van der Waals surface area contributed by atoms with Gasteiger partial charge in [-0.2, -0.15) is 0 Å². The molecule has 3 N–H and O–H groups in total. The minimum Gasteiger partial charge on any atom is -0.508 e. The van der Waals surface area contributed by atoms with E-state index in [4.69, 9.17) is 9.84 Å². The average Bonchev–Trinajstić information content (AvgIpc) is 2.85. The summed E-state index contributed by atoms with van der Waals surface area (Å²) in [7, 11) is 0. The van der Waals surface area contributed by atoms with Gasteiger partial charge in [0.25, 0.3) is 0 Å². The molecular weight excluding hydrogens is 432 g/mol. The number of aromatic hydroxyl groups is 1. The molecule has 0 spiro atoms. The number of hydrogen-bond donors (Lipinski definition) is 3. The molecule has 0 bridgehead atoms. The Morgan fingerprint density at radius 3 is 2.50 bits per heavy atom. The molecule has 1 amide bonds. The van der Waals surface area contributed by atoms with Crippen molar-refractivity contribution in [3.63, 3.8) is 0 Å². The van der Waals surface area contributed by atoms with Crippen LogP contribution in [0.25, 0.3) is 11.1 Å². The summed E-state index contributed by atoms with van der Waals surface area (Å²) < 4.78 is 5.61. The van der Waals surface area contributed by atoms with Crippen LogP contribution in [-0.2, 0) is 16.1 Å². The predicted octanol–water partition coefficient (Wildman–Crippen LogP) is 3.84. The maximum Gasteiger partial charge on any atom is 0.335 e. The Morgan fingerprint density at radius 2 is 1.79 bits per heavy atom. The highest BCUT2D eigenvalue weighted by Gasteiger charge is 2.30. The summed E-state index contributed by atoms with van der Waals surface area (Å²) in [5, 5.41) is 21.7. The number of carbonyl (C=O) groups excluding carboxylic acids is 1. The number of benzene rings is 3. The Balaban J connectivity index is 1.44. The lowest BCUT2D eigenvalue weighted by Gasteiger charge is -2.35. The van der Waals surface area contributed by atoms with Gasteiger partial charge in [-0.3, -0.25) is 9.69 Å². The van der Waals surface area contributed by atoms with Gasteiger partial charge in [-0.1, -0.05) is 42.5 Å². The molecule has 176 valence electrons. The molecule has 1 aliphatic heterocycles. The molecule has 4 rings (SSSR count). The summed E-state index contributed by atoms with van der Waals surface area (Å²) in [4.78, 5) is 26.3. The van der Waals surface area contributed by atoms with Gasteiger partial charge in [-0.25, -0.2) is 4.79 Å². The number of aromatic carboxylic acids is 1. The van der Waals surface area contributed by atoms with E-state index in [1.54, 1.807) is 24.3 Å². The second-order valence-corrected chi connectivity index (χ2v) is 8.47. The van der Waals surface area contributed by atoms with Crippen molar-refractivity contribution in [2.24, 2.45) is 0 Å². The lowest BCUT2D eigenvalue weighted by molar-refractivity contribution is -0.133. The predicted molar refractivity (Wildman–Crippen MR) is 129 cm³/mol. The van der Waals surface area contributed by atoms with Crippen molar-refractivity contribution in [2.45, 2.75) is 25.6 Å². The Kier molecular flexibility index (Phi) is 7.25. The zero-order chi connectivity index (χ0) is 24.1. The molecule has 0 saturated carbocycles. The first-order valence-corrected chi connectivity index (χ1v) is 11.2. The third kappa shape index (κ3) is 5.62. The molecule has 1 heterocycles. The number of morpholine rings is 1. The normalized spacial score (nSPS) is 17.1. The molecule has 1 aliphatic rings. The third-order valence-corrected chi connectivity index (χ3v) is 6.07. The first-order valence-electron chi connectivity index (χ1n) is 11.2. The number of amides is 1. The molecule has 0 unspecified atom stereocenters. The van der Waals surface area contributed by atoms with Crippen molar-refractivity contribution in [2.75, 3.05) is 19.8 Å². The van der Waals surface area contributed by atoms with Gasteiger partial charge in [-0.15, -0.1) is 0 Å². The number of carbonyl (C=O) groups is 2. The SMILES string of the molecule is C[C@H](NC(=O)[C@H]1COCCN1Cc1cccc(-c2ccc(O)cc2)c1)c1ccc(C(=O)O)cc1. The quantitative estimate of drug-likeness (QED) is 0.496. The second-order valence-electron chi connectivity index (χ2n) is 8.47. The van der Waals surface area contributed by atoms with Crippen LogP contribution in [-0.4, -0.2) is 52.8 Å². The topological polar surface area (TPSA) is 99.1 Å². The van der Waals surface area contributed by atoms with Gasteiger partial charge in [0.05, 0.1) is 24.8 Å². The first kappa shape index (κ1) is 23.5. The summed E-state index contributed by atoms with van der Waals surface area (Å²) in [6, 6.07) is 21.1. The van der Waals surface area contributed by atoms with E-state index < -0.39 is 12.0 Å². The van der Waals surface area contributed by atoms with Gasteiger partial charge in [0.2, 0.25) is 5.91 Å². The molecule has 3 aromatic rings. The molecular formula is C27H28N2O5. The maximum absolute atomic E-state index is 13.1. The summed E-state index contributed by atoms with van der Waals surface area (Å²) in [5.74, 6) is -0.869. The summed E-state index contributed by atoms with van der Waals surface area (Å²) >= 11 is 0. The highest BCUT2D eigenvalue weighted by Crippen LogP contribution is 2.24. The Bertz CT molecular complexity index is 1140. The Hall–Kier alpha value is -3.68. The fourth-order valence-electron chi connectivity index (χ4n) is 4.11. The summed E-state index contributed by atoms with van der Waals surface area (Å²) in [5.41, 5.74) is 4.19. The van der Waals surface area contributed by atoms with Crippen molar-refractivity contribution >= 4 is 11.9 Å². The van der Waals surface area contributed by atoms with Crippen LogP contribution >= 0.6 is 0 Å². The highest BCUT2D eigenvalue weighted by atomic mass is 16.5. The van der Waals surface area contributed by atoms with E-state index in [1.807, 2.05) is 37.3 Å². The van der Waals surface area contributed by atoms with E-state index in [2.05, 4.69) is 16.3 Å². The molecule has 34 heavy (non-hydrogen) atoms. The number of phenols is 1. The maximum atomic E-state index is 13.1. The zero-order valence-corrected chi connectivity index (χ0v) is 19.0. The number of carboxylic acid groups (broad SMARTS) is 1. The van der Waals surface area contributed by atoms with Gasteiger partial charge < -0.3 is 20.3 Å². The standard InChI is InChI=1S/C27H28N2O5/c1-18(20-5-7-22(8-6-20)27(32)33)28-26(31)25-17-34-14-13-29(25)16-19-3-2-4-23(15-19)21-9-11-24(30)12-10-21/h2-12,15,18,25,30H,13-14,16-17H2,1H3,(H,28,31)(H,32,33)/t18-,25+/m0/s1. The van der Waals surface area contributed by atoms with Crippen molar-refractivity contribution in [3.05, 3.63) is 89.5 Å². The molecule has 1 saturated heterocycles. The molecule has 0 radical (unpaired) electrons. The minimum atomic E-state index is -0.979. The van der Waals surface area contributed by atoms with Gasteiger partial charge in [0.1, 0.15) is 11.8 Å². The van der Waals surface area contributed by atoms with E-state index in [-0.39, 0.29) is 23.3 Å². The van der Waals surface area contributed by atoms with E-state index in [1.165, 1.54) is 12.1 Å². The molecule has 1 fully saturated rings. The number of carboxylic acids is 1. The van der Waals surface area contributed by atoms with Crippen LogP contribution in [0.15, 0.2) is 72.8 Å². The fourth-order valence-corrected chi connectivity index (χ4v) is 4.11. The number of rotatable bonds is 7. The van der Waals surface area contributed by atoms with Crippen molar-refractivity contribution < 1.29 is 24.5 Å². The van der Waals surface area contributed by atoms with E-state index >= 15 is 0 Å². The van der Waals surface area contributed by atoms with Gasteiger partial charge in [0.15, 0.2) is 0 Å². The monoisotopic (exact) mass is 460 g/mol. The number of hydrogen-bond acceptors (Lipinski definition) is 5. The first-order chi connectivity index (χ1) is 16.4. The van der Waals surface area contributed by atoms with Crippen LogP contribution in [0.4, 0.5) is 0 Å². The van der Waals surface area contributed by atoms with E-state index in [0.717, 1.165) is 22.3 Å². The highest BCUT2D eigenvalue weighted by molar-refractivity contribution is 5.87. The average molecular weight is 461 g/mol. The Morgan fingerprint density at radius 1 is 1.06 bits per heavy atom. The number of ether oxygens (including phenoxy) is 1. The van der Waals surface area contributed by atoms with Crippen LogP contribution in [0.5, 0.6) is 5.75 Å². The molecule has 0 aliphatic carbocycles. The number of phenolic OH excluding ortho intramolecular Hbond substituents is 1. The lowest BCUT2D eigenvalue weighted by atomic mass is 10.0. The van der Waals surface area contributed by atoms with Crippen LogP contribution in [0.2, 0.25) is 0 Å². The molecule has 3 aromatic carbocycles. The molecule has 2 atom stereocenters. The second kappa shape index (κ2) is 10.5. The smallest absolute Gasteiger partial charge is 0.335 e. The Labute approximate surface area is 198 Å². The largest absolute Gasteiger partial charge is 0.508 e. The van der Waals surface area contributed by atoms with Crippen LogP contribution < -0.4 is 5.32 Å². The summed E-state index contributed by atoms with van der Waals surface area (Å²) in [6.07, 6.45) is 0. The third-order valence-electron chi connectivity index (χ3n) is 6.07. The molecule has 7 heteroatoms. The zero-order valence-electron chi connectivity index (χ0n) is 19.0. The van der Waals surface area contributed by atoms with Crippen LogP contribution in [0.3, 0.4) is 0 Å². The minimum absolute atomic E-state index is 0.121. The van der Waals surface area contributed by atoms with Gasteiger partial charge >= 0.3 is 5.97 Å². The van der Waals surface area contributed by atoms with Crippen molar-refractivity contribution in [3.8, 4) is 16.9 Å².